The maximum atomic E-state index is 4.56. The number of nitrogens with zero attached hydrogens (tertiary/aromatic N) is 2. The second-order valence-electron chi connectivity index (χ2n) is 4.04. The van der Waals surface area contributed by atoms with Gasteiger partial charge in [-0.1, -0.05) is 13.8 Å². The minimum atomic E-state index is 0.518. The molecule has 0 atom stereocenters. The molecule has 0 unspecified atom stereocenters. The number of hydrogen-bond acceptors (Lipinski definition) is 3. The zero-order chi connectivity index (χ0) is 10.1. The van der Waals surface area contributed by atoms with Gasteiger partial charge in [0, 0.05) is 17.0 Å². The van der Waals surface area contributed by atoms with Crippen LogP contribution >= 0.6 is 11.8 Å². The predicted molar refractivity (Wildman–Crippen MR) is 60.7 cm³/mol. The molecular formula is C11H16N2S. The maximum absolute atomic E-state index is 4.56. The van der Waals surface area contributed by atoms with E-state index in [9.17, 15) is 0 Å². The number of rotatable bonds is 1. The molecule has 1 aliphatic rings. The van der Waals surface area contributed by atoms with Gasteiger partial charge in [0.2, 0.25) is 0 Å². The Morgan fingerprint density at radius 3 is 2.79 bits per heavy atom. The Hall–Kier alpha value is -0.570. The van der Waals surface area contributed by atoms with E-state index in [0.717, 1.165) is 18.0 Å². The van der Waals surface area contributed by atoms with E-state index in [1.165, 1.54) is 22.7 Å². The van der Waals surface area contributed by atoms with E-state index in [4.69, 9.17) is 0 Å². The van der Waals surface area contributed by atoms with Crippen molar-refractivity contribution >= 4 is 11.8 Å². The molecule has 2 heterocycles. The van der Waals surface area contributed by atoms with Gasteiger partial charge in [-0.3, -0.25) is 0 Å². The first-order chi connectivity index (χ1) is 6.68. The summed E-state index contributed by atoms with van der Waals surface area (Å²) in [5, 5.41) is 0. The summed E-state index contributed by atoms with van der Waals surface area (Å²) in [6, 6.07) is 0. The molecule has 1 aromatic heterocycles. The molecule has 2 nitrogen and oxygen atoms in total. The van der Waals surface area contributed by atoms with Crippen LogP contribution in [-0.2, 0) is 12.2 Å². The number of aryl methyl sites for hydroxylation is 2. The lowest BCUT2D eigenvalue weighted by Crippen LogP contribution is -2.13. The number of thioether (sulfide) groups is 1. The third-order valence-electron chi connectivity index (χ3n) is 2.51. The van der Waals surface area contributed by atoms with Crippen LogP contribution in [0, 0.1) is 6.92 Å². The van der Waals surface area contributed by atoms with Gasteiger partial charge in [0.15, 0.2) is 0 Å². The Morgan fingerprint density at radius 1 is 1.29 bits per heavy atom. The highest BCUT2D eigenvalue weighted by molar-refractivity contribution is 7.98. The SMILES string of the molecule is Cc1nc2c(c(C(C)C)n1)CSCC2. The predicted octanol–water partition coefficient (Wildman–Crippen LogP) is 2.70. The first-order valence-electron chi connectivity index (χ1n) is 5.12. The molecule has 0 aliphatic carbocycles. The van der Waals surface area contributed by atoms with Gasteiger partial charge in [-0.25, -0.2) is 9.97 Å². The Kier molecular flexibility index (Phi) is 2.77. The molecule has 1 aromatic rings. The van der Waals surface area contributed by atoms with Crippen molar-refractivity contribution in [2.45, 2.75) is 38.9 Å². The third kappa shape index (κ3) is 1.78. The zero-order valence-electron chi connectivity index (χ0n) is 9.00. The molecule has 0 radical (unpaired) electrons. The molecule has 14 heavy (non-hydrogen) atoms. The van der Waals surface area contributed by atoms with Crippen molar-refractivity contribution in [3.05, 3.63) is 22.8 Å². The molecule has 0 saturated carbocycles. The highest BCUT2D eigenvalue weighted by Crippen LogP contribution is 2.28. The average molecular weight is 208 g/mol. The van der Waals surface area contributed by atoms with Crippen molar-refractivity contribution in [2.75, 3.05) is 5.75 Å². The Balaban J connectivity index is 2.52. The van der Waals surface area contributed by atoms with E-state index in [2.05, 4.69) is 23.8 Å². The smallest absolute Gasteiger partial charge is 0.125 e. The molecule has 76 valence electrons. The summed E-state index contributed by atoms with van der Waals surface area (Å²) in [7, 11) is 0. The van der Waals surface area contributed by atoms with Crippen molar-refractivity contribution in [1.82, 2.24) is 9.97 Å². The number of hydrogen-bond donors (Lipinski definition) is 0. The van der Waals surface area contributed by atoms with Crippen LogP contribution in [-0.4, -0.2) is 15.7 Å². The van der Waals surface area contributed by atoms with Crippen molar-refractivity contribution in [3.63, 3.8) is 0 Å². The molecule has 0 aromatic carbocycles. The largest absolute Gasteiger partial charge is 0.238 e. The molecule has 0 spiro atoms. The van der Waals surface area contributed by atoms with Crippen LogP contribution in [0.2, 0.25) is 0 Å². The Morgan fingerprint density at radius 2 is 2.07 bits per heavy atom. The van der Waals surface area contributed by atoms with Crippen molar-refractivity contribution in [1.29, 1.82) is 0 Å². The number of fused-ring (bicyclic) bond motifs is 1. The van der Waals surface area contributed by atoms with E-state index in [0.29, 0.717) is 5.92 Å². The molecule has 2 rings (SSSR count). The molecule has 0 fully saturated rings. The van der Waals surface area contributed by atoms with Crippen LogP contribution in [0.1, 0.15) is 42.5 Å². The third-order valence-corrected chi connectivity index (χ3v) is 3.50. The Bertz CT molecular complexity index is 347. The second kappa shape index (κ2) is 3.89. The maximum Gasteiger partial charge on any atom is 0.125 e. The van der Waals surface area contributed by atoms with Gasteiger partial charge < -0.3 is 0 Å². The van der Waals surface area contributed by atoms with E-state index >= 15 is 0 Å². The van der Waals surface area contributed by atoms with Gasteiger partial charge in [-0.15, -0.1) is 0 Å². The summed E-state index contributed by atoms with van der Waals surface area (Å²) in [5.41, 5.74) is 3.96. The molecular weight excluding hydrogens is 192 g/mol. The van der Waals surface area contributed by atoms with E-state index in [-0.39, 0.29) is 0 Å². The minimum Gasteiger partial charge on any atom is -0.238 e. The first-order valence-corrected chi connectivity index (χ1v) is 6.28. The molecule has 0 bridgehead atoms. The van der Waals surface area contributed by atoms with Crippen molar-refractivity contribution in [3.8, 4) is 0 Å². The standard InChI is InChI=1S/C11H16N2S/c1-7(2)11-9-6-14-5-4-10(9)12-8(3)13-11/h7H,4-6H2,1-3H3. The van der Waals surface area contributed by atoms with Crippen molar-refractivity contribution < 1.29 is 0 Å². The molecule has 0 N–H and O–H groups in total. The summed E-state index contributed by atoms with van der Waals surface area (Å²) in [6.45, 7) is 6.41. The van der Waals surface area contributed by atoms with Gasteiger partial charge >= 0.3 is 0 Å². The quantitative estimate of drug-likeness (QED) is 0.709. The summed E-state index contributed by atoms with van der Waals surface area (Å²) in [4.78, 5) is 9.09. The number of aromatic nitrogens is 2. The van der Waals surface area contributed by atoms with Crippen LogP contribution in [0.5, 0.6) is 0 Å². The lowest BCUT2D eigenvalue weighted by Gasteiger charge is -2.19. The normalized spacial score (nSPS) is 15.7. The lowest BCUT2D eigenvalue weighted by atomic mass is 10.0. The monoisotopic (exact) mass is 208 g/mol. The van der Waals surface area contributed by atoms with Gasteiger partial charge in [-0.05, 0) is 25.0 Å². The van der Waals surface area contributed by atoms with E-state index < -0.39 is 0 Å². The summed E-state index contributed by atoms with van der Waals surface area (Å²) >= 11 is 2.00. The fourth-order valence-corrected chi connectivity index (χ4v) is 2.86. The summed E-state index contributed by atoms with van der Waals surface area (Å²) < 4.78 is 0. The van der Waals surface area contributed by atoms with Gasteiger partial charge in [-0.2, -0.15) is 11.8 Å². The second-order valence-corrected chi connectivity index (χ2v) is 5.14. The van der Waals surface area contributed by atoms with Crippen LogP contribution < -0.4 is 0 Å². The average Bonchev–Trinajstić information content (AvgIpc) is 2.16. The van der Waals surface area contributed by atoms with E-state index in [1.807, 2.05) is 18.7 Å². The van der Waals surface area contributed by atoms with Crippen molar-refractivity contribution in [2.24, 2.45) is 0 Å². The van der Waals surface area contributed by atoms with Gasteiger partial charge in [0.25, 0.3) is 0 Å². The molecule has 3 heteroatoms. The van der Waals surface area contributed by atoms with E-state index in [1.54, 1.807) is 0 Å². The van der Waals surface area contributed by atoms with Gasteiger partial charge in [0.1, 0.15) is 5.82 Å². The topological polar surface area (TPSA) is 25.8 Å². The minimum absolute atomic E-state index is 0.518. The Labute approximate surface area is 89.5 Å². The molecule has 0 saturated heterocycles. The molecule has 0 amide bonds. The fourth-order valence-electron chi connectivity index (χ4n) is 1.86. The highest BCUT2D eigenvalue weighted by Gasteiger charge is 2.18. The highest BCUT2D eigenvalue weighted by atomic mass is 32.2. The fraction of sp³-hybridized carbons (Fsp3) is 0.636. The van der Waals surface area contributed by atoms with Crippen LogP contribution in [0.3, 0.4) is 0 Å². The van der Waals surface area contributed by atoms with Gasteiger partial charge in [0.05, 0.1) is 5.69 Å². The first kappa shape index (κ1) is 9.97. The van der Waals surface area contributed by atoms with Crippen LogP contribution in [0.25, 0.3) is 0 Å². The van der Waals surface area contributed by atoms with Crippen LogP contribution in [0.15, 0.2) is 0 Å². The summed E-state index contributed by atoms with van der Waals surface area (Å²) in [5.74, 6) is 3.76. The summed E-state index contributed by atoms with van der Waals surface area (Å²) in [6.07, 6.45) is 1.11. The lowest BCUT2D eigenvalue weighted by molar-refractivity contribution is 0.766. The van der Waals surface area contributed by atoms with Crippen LogP contribution in [0.4, 0.5) is 0 Å². The molecule has 1 aliphatic heterocycles. The zero-order valence-corrected chi connectivity index (χ0v) is 9.82.